The van der Waals surface area contributed by atoms with Crippen molar-refractivity contribution >= 4 is 34.6 Å². The van der Waals surface area contributed by atoms with E-state index >= 15 is 0 Å². The van der Waals surface area contributed by atoms with Crippen LogP contribution in [0.4, 0.5) is 26.3 Å². The number of esters is 1. The highest BCUT2D eigenvalue weighted by atomic mass is 127. The summed E-state index contributed by atoms with van der Waals surface area (Å²) in [6.07, 6.45) is 1.83. The van der Waals surface area contributed by atoms with Crippen LogP contribution in [0.15, 0.2) is 36.4 Å². The zero-order valence-corrected chi connectivity index (χ0v) is 22.1. The van der Waals surface area contributed by atoms with Crippen molar-refractivity contribution in [3.05, 3.63) is 65.0 Å². The number of allylic oxidation sites excluding steroid dienone is 1. The van der Waals surface area contributed by atoms with Gasteiger partial charge < -0.3 is 4.74 Å². The number of hydrogen-bond acceptors (Lipinski definition) is 2. The molecule has 0 aliphatic heterocycles. The van der Waals surface area contributed by atoms with Crippen molar-refractivity contribution in [1.29, 1.82) is 0 Å². The van der Waals surface area contributed by atoms with Crippen LogP contribution in [0.2, 0.25) is 0 Å². The topological polar surface area (TPSA) is 26.3 Å². The quantitative estimate of drug-likeness (QED) is 0.142. The Hall–Kier alpha value is -2.04. The van der Waals surface area contributed by atoms with Gasteiger partial charge in [0.15, 0.2) is 0 Å². The third-order valence-electron chi connectivity index (χ3n) is 7.24. The lowest BCUT2D eigenvalue weighted by Gasteiger charge is -2.31. The molecule has 0 saturated heterocycles. The van der Waals surface area contributed by atoms with Gasteiger partial charge in [-0.15, -0.1) is 0 Å². The smallest absolute Gasteiger partial charge is 0.409 e. The van der Waals surface area contributed by atoms with Gasteiger partial charge in [-0.3, -0.25) is 4.79 Å². The predicted molar refractivity (Wildman–Crippen MR) is 138 cm³/mol. The summed E-state index contributed by atoms with van der Waals surface area (Å²) in [5.41, 5.74) is -0.238. The van der Waals surface area contributed by atoms with E-state index in [1.54, 1.807) is 6.07 Å². The van der Waals surface area contributed by atoms with E-state index in [1.807, 2.05) is 0 Å². The summed E-state index contributed by atoms with van der Waals surface area (Å²) in [5, 5.41) is 0. The van der Waals surface area contributed by atoms with Gasteiger partial charge in [0.2, 0.25) is 0 Å². The van der Waals surface area contributed by atoms with Crippen molar-refractivity contribution in [3.8, 4) is 11.1 Å². The van der Waals surface area contributed by atoms with Crippen LogP contribution in [0.5, 0.6) is 0 Å². The van der Waals surface area contributed by atoms with Crippen molar-refractivity contribution in [2.45, 2.75) is 73.5 Å². The molecule has 0 atom stereocenters. The molecule has 4 rings (SSSR count). The monoisotopic (exact) mass is 636 g/mol. The molecular formula is C28H27F6IO2. The molecule has 2 aliphatic rings. The Balaban J connectivity index is 1.38. The lowest BCUT2D eigenvalue weighted by atomic mass is 9.82. The maximum atomic E-state index is 15.0. The molecule has 0 N–H and O–H groups in total. The summed E-state index contributed by atoms with van der Waals surface area (Å²) < 4.78 is 87.1. The zero-order chi connectivity index (χ0) is 26.7. The molecule has 2 fully saturated rings. The average Bonchev–Trinajstić information content (AvgIpc) is 2.83. The molecule has 2 aromatic carbocycles. The number of carbonyl (C=O) groups excluding carboxylic acids is 1. The first kappa shape index (κ1) is 28.0. The Labute approximate surface area is 225 Å². The SMILES string of the molecule is O=C(OC1CCC(c2ccc(-c3cc(F)c(/C=C/C(F)(F)F)c(F)c3)c(F)c2)CC1)C1CCC(I)CC1. The summed E-state index contributed by atoms with van der Waals surface area (Å²) in [7, 11) is 0. The number of hydrogen-bond donors (Lipinski definition) is 0. The molecular weight excluding hydrogens is 609 g/mol. The largest absolute Gasteiger partial charge is 0.462 e. The zero-order valence-electron chi connectivity index (χ0n) is 20.0. The Morgan fingerprint density at radius 2 is 1.49 bits per heavy atom. The minimum absolute atomic E-state index is 0.0187. The summed E-state index contributed by atoms with van der Waals surface area (Å²) in [5.74, 6) is -3.16. The van der Waals surface area contributed by atoms with E-state index in [0.717, 1.165) is 56.2 Å². The molecule has 0 bridgehead atoms. The second kappa shape index (κ2) is 11.8. The molecule has 0 heterocycles. The molecule has 0 amide bonds. The number of benzene rings is 2. The van der Waals surface area contributed by atoms with Crippen LogP contribution in [-0.2, 0) is 9.53 Å². The molecule has 37 heavy (non-hydrogen) atoms. The van der Waals surface area contributed by atoms with Crippen LogP contribution in [0, 0.1) is 23.4 Å². The molecule has 0 aromatic heterocycles. The Kier molecular flexibility index (Phi) is 8.91. The minimum Gasteiger partial charge on any atom is -0.462 e. The molecule has 9 heteroatoms. The third-order valence-corrected chi connectivity index (χ3v) is 8.49. The van der Waals surface area contributed by atoms with E-state index in [1.165, 1.54) is 12.1 Å². The molecule has 2 saturated carbocycles. The number of ether oxygens (including phenoxy) is 1. The molecule has 0 radical (unpaired) electrons. The van der Waals surface area contributed by atoms with Gasteiger partial charge in [-0.25, -0.2) is 13.2 Å². The molecule has 0 unspecified atom stereocenters. The standard InChI is InChI=1S/C28H27F6IO2/c29-24-13-18(16-3-8-21(9-4-16)37-27(36)17-1-6-20(35)7-2-17)5-10-22(24)19-14-25(30)23(26(31)15-19)11-12-28(32,33)34/h5,10-17,20-21H,1-4,6-9H2/b12-11+. The molecule has 2 aliphatic carbocycles. The second-order valence-electron chi connectivity index (χ2n) is 9.83. The number of carbonyl (C=O) groups is 1. The second-order valence-corrected chi connectivity index (χ2v) is 11.6. The maximum Gasteiger partial charge on any atom is 0.409 e. The summed E-state index contributed by atoms with van der Waals surface area (Å²) in [4.78, 5) is 12.5. The fraction of sp³-hybridized carbons (Fsp3) is 0.464. The van der Waals surface area contributed by atoms with Crippen molar-refractivity contribution in [2.24, 2.45) is 5.92 Å². The first-order valence-corrected chi connectivity index (χ1v) is 13.6. The van der Waals surface area contributed by atoms with Gasteiger partial charge in [-0.1, -0.05) is 34.7 Å². The van der Waals surface area contributed by atoms with Gasteiger partial charge >= 0.3 is 12.1 Å². The van der Waals surface area contributed by atoms with Crippen molar-refractivity contribution < 1.29 is 35.9 Å². The number of rotatable bonds is 5. The van der Waals surface area contributed by atoms with Crippen LogP contribution >= 0.6 is 22.6 Å². The van der Waals surface area contributed by atoms with Crippen LogP contribution in [0.25, 0.3) is 17.2 Å². The maximum absolute atomic E-state index is 15.0. The number of halogens is 7. The van der Waals surface area contributed by atoms with E-state index in [4.69, 9.17) is 4.74 Å². The van der Waals surface area contributed by atoms with E-state index < -0.39 is 29.2 Å². The van der Waals surface area contributed by atoms with Gasteiger partial charge in [0.1, 0.15) is 23.6 Å². The van der Waals surface area contributed by atoms with Gasteiger partial charge in [-0.2, -0.15) is 13.2 Å². The van der Waals surface area contributed by atoms with Gasteiger partial charge in [0, 0.05) is 21.1 Å². The Bertz CT molecular complexity index is 1120. The van der Waals surface area contributed by atoms with Crippen molar-refractivity contribution in [2.75, 3.05) is 0 Å². The van der Waals surface area contributed by atoms with Crippen LogP contribution < -0.4 is 0 Å². The van der Waals surface area contributed by atoms with E-state index in [9.17, 15) is 31.1 Å². The van der Waals surface area contributed by atoms with Crippen LogP contribution in [0.1, 0.15) is 68.4 Å². The molecule has 2 nitrogen and oxygen atoms in total. The summed E-state index contributed by atoms with van der Waals surface area (Å²) in [6.45, 7) is 0. The Morgan fingerprint density at radius 3 is 2.05 bits per heavy atom. The van der Waals surface area contributed by atoms with E-state index in [0.29, 0.717) is 22.8 Å². The highest BCUT2D eigenvalue weighted by Crippen LogP contribution is 2.37. The fourth-order valence-electron chi connectivity index (χ4n) is 5.16. The van der Waals surface area contributed by atoms with E-state index in [-0.39, 0.29) is 41.1 Å². The Morgan fingerprint density at radius 1 is 0.865 bits per heavy atom. The summed E-state index contributed by atoms with van der Waals surface area (Å²) >= 11 is 2.42. The van der Waals surface area contributed by atoms with Crippen molar-refractivity contribution in [1.82, 2.24) is 0 Å². The van der Waals surface area contributed by atoms with Crippen molar-refractivity contribution in [3.63, 3.8) is 0 Å². The average molecular weight is 636 g/mol. The molecule has 2 aromatic rings. The van der Waals surface area contributed by atoms with Gasteiger partial charge in [-0.05, 0) is 92.7 Å². The van der Waals surface area contributed by atoms with E-state index in [2.05, 4.69) is 22.6 Å². The lowest BCUT2D eigenvalue weighted by molar-refractivity contribution is -0.156. The molecule has 200 valence electrons. The number of alkyl halides is 4. The fourth-order valence-corrected chi connectivity index (χ4v) is 5.88. The van der Waals surface area contributed by atoms with Crippen LogP contribution in [-0.4, -0.2) is 22.2 Å². The first-order valence-electron chi connectivity index (χ1n) is 12.4. The van der Waals surface area contributed by atoms with Gasteiger partial charge in [0.05, 0.1) is 5.92 Å². The predicted octanol–water partition coefficient (Wildman–Crippen LogP) is 8.91. The highest BCUT2D eigenvalue weighted by Gasteiger charge is 2.31. The summed E-state index contributed by atoms with van der Waals surface area (Å²) in [6, 6.07) is 6.11. The van der Waals surface area contributed by atoms with Gasteiger partial charge in [0.25, 0.3) is 0 Å². The highest BCUT2D eigenvalue weighted by molar-refractivity contribution is 14.1. The first-order chi connectivity index (χ1) is 17.5. The van der Waals surface area contributed by atoms with Crippen LogP contribution in [0.3, 0.4) is 0 Å². The third kappa shape index (κ3) is 7.29. The normalized spacial score (nSPS) is 24.8. The molecule has 0 spiro atoms. The minimum atomic E-state index is -4.71. The lowest BCUT2D eigenvalue weighted by Crippen LogP contribution is -2.29.